The van der Waals surface area contributed by atoms with Crippen LogP contribution in [0.25, 0.3) is 0 Å². The van der Waals surface area contributed by atoms with Gasteiger partial charge < -0.3 is 9.64 Å². The molecule has 0 aromatic carbocycles. The molecule has 1 heterocycles. The molecular formula is C14H25NO2. The summed E-state index contributed by atoms with van der Waals surface area (Å²) >= 11 is 0. The molecule has 0 radical (unpaired) electrons. The average molecular weight is 239 g/mol. The first-order valence-electron chi connectivity index (χ1n) is 6.89. The van der Waals surface area contributed by atoms with E-state index in [2.05, 4.69) is 18.7 Å². The minimum absolute atomic E-state index is 0.00132. The van der Waals surface area contributed by atoms with Gasteiger partial charge in [-0.2, -0.15) is 0 Å². The third-order valence-electron chi connectivity index (χ3n) is 4.66. The van der Waals surface area contributed by atoms with Crippen molar-refractivity contribution in [3.8, 4) is 0 Å². The molecule has 1 aliphatic heterocycles. The van der Waals surface area contributed by atoms with Crippen molar-refractivity contribution in [2.24, 2.45) is 17.3 Å². The topological polar surface area (TPSA) is 29.5 Å². The zero-order valence-electron chi connectivity index (χ0n) is 11.4. The number of nitrogens with zero attached hydrogens (tertiary/aromatic N) is 1. The summed E-state index contributed by atoms with van der Waals surface area (Å²) in [5, 5.41) is 0. The van der Waals surface area contributed by atoms with Gasteiger partial charge >= 0.3 is 5.97 Å². The second-order valence-electron chi connectivity index (χ2n) is 6.05. The Kier molecular flexibility index (Phi) is 3.76. The van der Waals surface area contributed by atoms with E-state index in [9.17, 15) is 4.79 Å². The van der Waals surface area contributed by atoms with E-state index < -0.39 is 0 Å². The molecule has 0 spiro atoms. The standard InChI is InChI=1S/C14H25NO2/c1-11(2)14(13(16)17-3)6-8-15(9-7-14)10-12-4-5-12/h11-12H,4-10H2,1-3H3. The van der Waals surface area contributed by atoms with Crippen LogP contribution in [0.15, 0.2) is 0 Å². The summed E-state index contributed by atoms with van der Waals surface area (Å²) in [4.78, 5) is 14.6. The third-order valence-corrected chi connectivity index (χ3v) is 4.66. The van der Waals surface area contributed by atoms with E-state index >= 15 is 0 Å². The molecular weight excluding hydrogens is 214 g/mol. The number of carbonyl (C=O) groups excluding carboxylic acids is 1. The highest BCUT2D eigenvalue weighted by Gasteiger charge is 2.45. The van der Waals surface area contributed by atoms with Gasteiger partial charge in [0, 0.05) is 6.54 Å². The monoisotopic (exact) mass is 239 g/mol. The van der Waals surface area contributed by atoms with Crippen molar-refractivity contribution in [2.75, 3.05) is 26.7 Å². The second kappa shape index (κ2) is 4.97. The number of hydrogen-bond acceptors (Lipinski definition) is 3. The first kappa shape index (κ1) is 12.9. The van der Waals surface area contributed by atoms with Gasteiger partial charge in [-0.25, -0.2) is 0 Å². The normalized spacial score (nSPS) is 24.9. The van der Waals surface area contributed by atoms with Crippen molar-refractivity contribution in [3.63, 3.8) is 0 Å². The molecule has 0 unspecified atom stereocenters. The number of esters is 1. The van der Waals surface area contributed by atoms with Gasteiger partial charge in [0.2, 0.25) is 0 Å². The molecule has 98 valence electrons. The van der Waals surface area contributed by atoms with Crippen LogP contribution >= 0.6 is 0 Å². The van der Waals surface area contributed by atoms with E-state index in [0.29, 0.717) is 5.92 Å². The highest BCUT2D eigenvalue weighted by Crippen LogP contribution is 2.41. The largest absolute Gasteiger partial charge is 0.469 e. The summed E-state index contributed by atoms with van der Waals surface area (Å²) in [6, 6.07) is 0. The summed E-state index contributed by atoms with van der Waals surface area (Å²) < 4.78 is 5.03. The number of ether oxygens (including phenoxy) is 1. The maximum Gasteiger partial charge on any atom is 0.312 e. The fourth-order valence-corrected chi connectivity index (χ4v) is 3.02. The summed E-state index contributed by atoms with van der Waals surface area (Å²) in [7, 11) is 1.52. The molecule has 0 aromatic heterocycles. The predicted molar refractivity (Wildman–Crippen MR) is 67.7 cm³/mol. The first-order chi connectivity index (χ1) is 8.08. The number of likely N-dealkylation sites (tertiary alicyclic amines) is 1. The van der Waals surface area contributed by atoms with E-state index in [4.69, 9.17) is 4.74 Å². The number of rotatable bonds is 4. The molecule has 17 heavy (non-hydrogen) atoms. The van der Waals surface area contributed by atoms with Crippen molar-refractivity contribution in [1.82, 2.24) is 4.90 Å². The van der Waals surface area contributed by atoms with Gasteiger partial charge in [-0.05, 0) is 50.6 Å². The molecule has 1 saturated heterocycles. The molecule has 3 heteroatoms. The number of piperidine rings is 1. The fourth-order valence-electron chi connectivity index (χ4n) is 3.02. The molecule has 0 bridgehead atoms. The van der Waals surface area contributed by atoms with Gasteiger partial charge in [0.1, 0.15) is 0 Å². The number of hydrogen-bond donors (Lipinski definition) is 0. The fraction of sp³-hybridized carbons (Fsp3) is 0.929. The Morgan fingerprint density at radius 1 is 1.35 bits per heavy atom. The number of methoxy groups -OCH3 is 1. The highest BCUT2D eigenvalue weighted by atomic mass is 16.5. The van der Waals surface area contributed by atoms with Crippen LogP contribution in [0, 0.1) is 17.3 Å². The third kappa shape index (κ3) is 2.65. The second-order valence-corrected chi connectivity index (χ2v) is 6.05. The van der Waals surface area contributed by atoms with Crippen LogP contribution in [-0.4, -0.2) is 37.6 Å². The maximum absolute atomic E-state index is 12.0. The van der Waals surface area contributed by atoms with Gasteiger partial charge in [-0.1, -0.05) is 13.8 Å². The van der Waals surface area contributed by atoms with Crippen molar-refractivity contribution >= 4 is 5.97 Å². The minimum atomic E-state index is -0.227. The van der Waals surface area contributed by atoms with Crippen molar-refractivity contribution in [3.05, 3.63) is 0 Å². The van der Waals surface area contributed by atoms with Crippen LogP contribution in [0.2, 0.25) is 0 Å². The Hall–Kier alpha value is -0.570. The predicted octanol–water partition coefficient (Wildman–Crippen LogP) is 2.31. The molecule has 0 amide bonds. The van der Waals surface area contributed by atoms with Gasteiger partial charge in [0.25, 0.3) is 0 Å². The smallest absolute Gasteiger partial charge is 0.312 e. The van der Waals surface area contributed by atoms with Crippen LogP contribution in [-0.2, 0) is 9.53 Å². The molecule has 1 saturated carbocycles. The molecule has 2 aliphatic rings. The van der Waals surface area contributed by atoms with Crippen LogP contribution in [0.3, 0.4) is 0 Å². The highest BCUT2D eigenvalue weighted by molar-refractivity contribution is 5.77. The van der Waals surface area contributed by atoms with Gasteiger partial charge in [-0.3, -0.25) is 4.79 Å². The Morgan fingerprint density at radius 3 is 2.35 bits per heavy atom. The van der Waals surface area contributed by atoms with E-state index in [1.165, 1.54) is 26.5 Å². The van der Waals surface area contributed by atoms with Crippen molar-refractivity contribution in [1.29, 1.82) is 0 Å². The van der Waals surface area contributed by atoms with E-state index in [1.54, 1.807) is 0 Å². The Bertz CT molecular complexity index is 276. The molecule has 1 aliphatic carbocycles. The lowest BCUT2D eigenvalue weighted by molar-refractivity contribution is -0.159. The summed E-state index contributed by atoms with van der Waals surface area (Å²) in [6.45, 7) is 7.66. The minimum Gasteiger partial charge on any atom is -0.469 e. The van der Waals surface area contributed by atoms with Crippen LogP contribution in [0.1, 0.15) is 39.5 Å². The average Bonchev–Trinajstić information content (AvgIpc) is 3.13. The van der Waals surface area contributed by atoms with E-state index in [1.807, 2.05) is 0 Å². The van der Waals surface area contributed by atoms with Crippen molar-refractivity contribution in [2.45, 2.75) is 39.5 Å². The molecule has 3 nitrogen and oxygen atoms in total. The van der Waals surface area contributed by atoms with Gasteiger partial charge in [0.15, 0.2) is 0 Å². The SMILES string of the molecule is COC(=O)C1(C(C)C)CCN(CC2CC2)CC1. The zero-order chi connectivity index (χ0) is 12.5. The van der Waals surface area contributed by atoms with Crippen LogP contribution in [0.4, 0.5) is 0 Å². The van der Waals surface area contributed by atoms with E-state index in [-0.39, 0.29) is 11.4 Å². The van der Waals surface area contributed by atoms with Crippen molar-refractivity contribution < 1.29 is 9.53 Å². The Morgan fingerprint density at radius 2 is 1.94 bits per heavy atom. The summed E-state index contributed by atoms with van der Waals surface area (Å²) in [5.41, 5.74) is -0.227. The maximum atomic E-state index is 12.0. The molecule has 0 atom stereocenters. The first-order valence-corrected chi connectivity index (χ1v) is 6.89. The van der Waals surface area contributed by atoms with E-state index in [0.717, 1.165) is 31.8 Å². The molecule has 2 rings (SSSR count). The lowest BCUT2D eigenvalue weighted by Crippen LogP contribution is -2.48. The molecule has 2 fully saturated rings. The zero-order valence-corrected chi connectivity index (χ0v) is 11.4. The Labute approximate surface area is 105 Å². The van der Waals surface area contributed by atoms with Crippen LogP contribution in [0.5, 0.6) is 0 Å². The summed E-state index contributed by atoms with van der Waals surface area (Å²) in [5.74, 6) is 1.32. The van der Waals surface area contributed by atoms with Crippen LogP contribution < -0.4 is 0 Å². The lowest BCUT2D eigenvalue weighted by atomic mass is 9.70. The van der Waals surface area contributed by atoms with Gasteiger partial charge in [0.05, 0.1) is 12.5 Å². The Balaban J connectivity index is 1.94. The lowest BCUT2D eigenvalue weighted by Gasteiger charge is -2.42. The molecule has 0 N–H and O–H groups in total. The molecule has 0 aromatic rings. The van der Waals surface area contributed by atoms with Gasteiger partial charge in [-0.15, -0.1) is 0 Å². The summed E-state index contributed by atoms with van der Waals surface area (Å²) in [6.07, 6.45) is 4.74. The number of carbonyl (C=O) groups is 1. The quantitative estimate of drug-likeness (QED) is 0.705.